The molecule has 1 aliphatic heterocycles. The van der Waals surface area contributed by atoms with E-state index >= 15 is 0 Å². The van der Waals surface area contributed by atoms with Crippen molar-refractivity contribution in [2.75, 3.05) is 30.4 Å². The number of benzene rings is 2. The third kappa shape index (κ3) is 3.52. The fourth-order valence-electron chi connectivity index (χ4n) is 2.24. The van der Waals surface area contributed by atoms with Crippen molar-refractivity contribution in [3.05, 3.63) is 48.0 Å². The zero-order valence-electron chi connectivity index (χ0n) is 12.3. The van der Waals surface area contributed by atoms with Gasteiger partial charge in [0.2, 0.25) is 5.91 Å². The van der Waals surface area contributed by atoms with Crippen LogP contribution in [0.3, 0.4) is 0 Å². The quantitative estimate of drug-likeness (QED) is 0.906. The lowest BCUT2D eigenvalue weighted by Gasteiger charge is -2.19. The van der Waals surface area contributed by atoms with Crippen molar-refractivity contribution in [2.45, 2.75) is 0 Å². The topological polar surface area (TPSA) is 83.4 Å². The summed E-state index contributed by atoms with van der Waals surface area (Å²) in [6.45, 7) is 1.09. The largest absolute Gasteiger partial charge is 0.486 e. The third-order valence-electron chi connectivity index (χ3n) is 3.31. The second kappa shape index (κ2) is 6.71. The molecule has 2 N–H and O–H groups in total. The summed E-state index contributed by atoms with van der Waals surface area (Å²) in [6, 6.07) is 14.4. The SMILES string of the molecule is N#Cc1ccccc1NCC(=O)Nc1ccc2c(c1)OCCO2. The highest BCUT2D eigenvalue weighted by Crippen LogP contribution is 2.32. The van der Waals surface area contributed by atoms with Crippen LogP contribution in [0, 0.1) is 11.3 Å². The Kier molecular flexibility index (Phi) is 4.29. The molecule has 0 aromatic heterocycles. The molecule has 0 radical (unpaired) electrons. The van der Waals surface area contributed by atoms with Crippen LogP contribution in [-0.4, -0.2) is 25.7 Å². The fraction of sp³-hybridized carbons (Fsp3) is 0.176. The first kappa shape index (κ1) is 14.7. The molecule has 0 spiro atoms. The molecule has 1 aliphatic rings. The highest BCUT2D eigenvalue weighted by Gasteiger charge is 2.12. The van der Waals surface area contributed by atoms with Crippen molar-refractivity contribution in [3.63, 3.8) is 0 Å². The van der Waals surface area contributed by atoms with Gasteiger partial charge < -0.3 is 20.1 Å². The van der Waals surface area contributed by atoms with Crippen LogP contribution in [0.15, 0.2) is 42.5 Å². The Bertz CT molecular complexity index is 768. The number of rotatable bonds is 4. The van der Waals surface area contributed by atoms with Crippen molar-refractivity contribution in [1.29, 1.82) is 5.26 Å². The van der Waals surface area contributed by atoms with Crippen molar-refractivity contribution >= 4 is 17.3 Å². The molecule has 0 saturated heterocycles. The first-order valence-electron chi connectivity index (χ1n) is 7.19. The van der Waals surface area contributed by atoms with E-state index in [0.29, 0.717) is 41.7 Å². The first-order chi connectivity index (χ1) is 11.3. The number of anilines is 2. The van der Waals surface area contributed by atoms with Gasteiger partial charge in [-0.15, -0.1) is 0 Å². The zero-order valence-corrected chi connectivity index (χ0v) is 12.3. The van der Waals surface area contributed by atoms with Gasteiger partial charge in [-0.25, -0.2) is 0 Å². The molecule has 6 heteroatoms. The standard InChI is InChI=1S/C17H15N3O3/c18-10-12-3-1-2-4-14(12)19-11-17(21)20-13-5-6-15-16(9-13)23-8-7-22-15/h1-6,9,19H,7-8,11H2,(H,20,21). The number of hydrogen-bond acceptors (Lipinski definition) is 5. The van der Waals surface area contributed by atoms with Gasteiger partial charge in [-0.05, 0) is 24.3 Å². The van der Waals surface area contributed by atoms with Crippen LogP contribution < -0.4 is 20.1 Å². The molecule has 0 bridgehead atoms. The van der Waals surface area contributed by atoms with Crippen LogP contribution in [0.5, 0.6) is 11.5 Å². The molecule has 1 amide bonds. The maximum Gasteiger partial charge on any atom is 0.243 e. The lowest BCUT2D eigenvalue weighted by atomic mass is 10.2. The Morgan fingerprint density at radius 1 is 1.13 bits per heavy atom. The maximum atomic E-state index is 12.0. The number of carbonyl (C=O) groups is 1. The smallest absolute Gasteiger partial charge is 0.243 e. The van der Waals surface area contributed by atoms with E-state index < -0.39 is 0 Å². The van der Waals surface area contributed by atoms with Crippen LogP contribution in [0.4, 0.5) is 11.4 Å². The number of para-hydroxylation sites is 1. The van der Waals surface area contributed by atoms with Crippen LogP contribution in [0.25, 0.3) is 0 Å². The molecule has 0 aliphatic carbocycles. The molecule has 0 unspecified atom stereocenters. The van der Waals surface area contributed by atoms with Crippen molar-refractivity contribution in [3.8, 4) is 17.6 Å². The minimum absolute atomic E-state index is 0.0626. The fourth-order valence-corrected chi connectivity index (χ4v) is 2.24. The van der Waals surface area contributed by atoms with E-state index in [9.17, 15) is 4.79 Å². The van der Waals surface area contributed by atoms with Crippen molar-refractivity contribution in [2.24, 2.45) is 0 Å². The predicted molar refractivity (Wildman–Crippen MR) is 85.7 cm³/mol. The molecular formula is C17H15N3O3. The van der Waals surface area contributed by atoms with Crippen molar-refractivity contribution in [1.82, 2.24) is 0 Å². The van der Waals surface area contributed by atoms with Crippen molar-refractivity contribution < 1.29 is 14.3 Å². The third-order valence-corrected chi connectivity index (χ3v) is 3.31. The molecular weight excluding hydrogens is 294 g/mol. The van der Waals surface area contributed by atoms with Gasteiger partial charge in [0, 0.05) is 11.8 Å². The van der Waals surface area contributed by atoms with Crippen LogP contribution >= 0.6 is 0 Å². The van der Waals surface area contributed by atoms with Gasteiger partial charge in [-0.1, -0.05) is 12.1 Å². The number of nitrogens with one attached hydrogen (secondary N) is 2. The van der Waals surface area contributed by atoms with E-state index in [0.717, 1.165) is 0 Å². The number of hydrogen-bond donors (Lipinski definition) is 2. The summed E-state index contributed by atoms with van der Waals surface area (Å²) >= 11 is 0. The molecule has 0 saturated carbocycles. The first-order valence-corrected chi connectivity index (χ1v) is 7.19. The monoisotopic (exact) mass is 309 g/mol. The van der Waals surface area contributed by atoms with E-state index in [1.54, 1.807) is 36.4 Å². The highest BCUT2D eigenvalue weighted by molar-refractivity contribution is 5.94. The summed E-state index contributed by atoms with van der Waals surface area (Å²) < 4.78 is 10.9. The Hall–Kier alpha value is -3.20. The maximum absolute atomic E-state index is 12.0. The number of ether oxygens (including phenoxy) is 2. The van der Waals surface area contributed by atoms with E-state index in [-0.39, 0.29) is 12.5 Å². The molecule has 116 valence electrons. The minimum Gasteiger partial charge on any atom is -0.486 e. The lowest BCUT2D eigenvalue weighted by molar-refractivity contribution is -0.114. The van der Waals surface area contributed by atoms with Gasteiger partial charge in [0.15, 0.2) is 11.5 Å². The summed E-state index contributed by atoms with van der Waals surface area (Å²) in [7, 11) is 0. The van der Waals surface area contributed by atoms with Gasteiger partial charge in [0.25, 0.3) is 0 Å². The average molecular weight is 309 g/mol. The predicted octanol–water partition coefficient (Wildman–Crippen LogP) is 2.38. The Morgan fingerprint density at radius 3 is 2.74 bits per heavy atom. The minimum atomic E-state index is -0.213. The molecule has 2 aromatic carbocycles. The van der Waals surface area contributed by atoms with Crippen LogP contribution in [0.1, 0.15) is 5.56 Å². The summed E-state index contributed by atoms with van der Waals surface area (Å²) in [5, 5.41) is 14.8. The molecule has 0 fully saturated rings. The van der Waals surface area contributed by atoms with Gasteiger partial charge in [-0.2, -0.15) is 5.26 Å². The number of nitrogens with zero attached hydrogens (tertiary/aromatic N) is 1. The van der Waals surface area contributed by atoms with Gasteiger partial charge in [0.05, 0.1) is 17.8 Å². The Balaban J connectivity index is 1.60. The number of carbonyl (C=O) groups excluding carboxylic acids is 1. The molecule has 2 aromatic rings. The second-order valence-corrected chi connectivity index (χ2v) is 4.92. The molecule has 1 heterocycles. The zero-order chi connectivity index (χ0) is 16.1. The summed E-state index contributed by atoms with van der Waals surface area (Å²) in [5.41, 5.74) is 1.77. The van der Waals surface area contributed by atoms with E-state index in [1.165, 1.54) is 0 Å². The Morgan fingerprint density at radius 2 is 1.91 bits per heavy atom. The van der Waals surface area contributed by atoms with Gasteiger partial charge >= 0.3 is 0 Å². The highest BCUT2D eigenvalue weighted by atomic mass is 16.6. The number of nitriles is 1. The van der Waals surface area contributed by atoms with Crippen LogP contribution in [-0.2, 0) is 4.79 Å². The van der Waals surface area contributed by atoms with E-state index in [2.05, 4.69) is 16.7 Å². The summed E-state index contributed by atoms with van der Waals surface area (Å²) in [4.78, 5) is 12.0. The van der Waals surface area contributed by atoms with E-state index in [4.69, 9.17) is 14.7 Å². The number of fused-ring (bicyclic) bond motifs is 1. The summed E-state index contributed by atoms with van der Waals surface area (Å²) in [6.07, 6.45) is 0. The van der Waals surface area contributed by atoms with E-state index in [1.807, 2.05) is 6.07 Å². The molecule has 3 rings (SSSR count). The second-order valence-electron chi connectivity index (χ2n) is 4.92. The lowest BCUT2D eigenvalue weighted by Crippen LogP contribution is -2.22. The molecule has 6 nitrogen and oxygen atoms in total. The molecule has 0 atom stereocenters. The summed E-state index contributed by atoms with van der Waals surface area (Å²) in [5.74, 6) is 1.08. The van der Waals surface area contributed by atoms with Crippen LogP contribution in [0.2, 0.25) is 0 Å². The number of amides is 1. The Labute approximate surface area is 133 Å². The average Bonchev–Trinajstić information content (AvgIpc) is 2.60. The van der Waals surface area contributed by atoms with Gasteiger partial charge in [-0.3, -0.25) is 4.79 Å². The normalized spacial score (nSPS) is 12.1. The van der Waals surface area contributed by atoms with Gasteiger partial charge in [0.1, 0.15) is 19.3 Å². The molecule has 23 heavy (non-hydrogen) atoms.